The zero-order valence-electron chi connectivity index (χ0n) is 17.6. The number of likely N-dealkylation sites (tertiary alicyclic amines) is 1. The van der Waals surface area contributed by atoms with Crippen LogP contribution < -0.4 is 0 Å². The Hall–Kier alpha value is -2.42. The number of carbonyl (C=O) groups is 1. The van der Waals surface area contributed by atoms with Crippen LogP contribution in [0, 0.1) is 13.8 Å². The first-order valence-electron chi connectivity index (χ1n) is 10.4. The molecule has 10 heteroatoms. The van der Waals surface area contributed by atoms with E-state index in [1.165, 1.54) is 11.3 Å². The molecule has 4 heterocycles. The van der Waals surface area contributed by atoms with Crippen molar-refractivity contribution >= 4 is 50.7 Å². The Morgan fingerprint density at radius 3 is 2.88 bits per heavy atom. The van der Waals surface area contributed by atoms with E-state index in [1.54, 1.807) is 13.0 Å². The minimum Gasteiger partial charge on any atom is -0.339 e. The molecule has 166 valence electrons. The van der Waals surface area contributed by atoms with Gasteiger partial charge in [-0.15, -0.1) is 11.3 Å². The molecule has 0 radical (unpaired) electrons. The Kier molecular flexibility index (Phi) is 5.69. The van der Waals surface area contributed by atoms with Crippen molar-refractivity contribution in [2.75, 3.05) is 13.1 Å². The molecule has 1 aliphatic heterocycles. The van der Waals surface area contributed by atoms with Crippen LogP contribution in [0.2, 0.25) is 10.0 Å². The molecular formula is C22H21Cl2N5O2S. The van der Waals surface area contributed by atoms with Crippen LogP contribution in [-0.2, 0) is 6.54 Å². The third-order valence-corrected chi connectivity index (χ3v) is 7.48. The summed E-state index contributed by atoms with van der Waals surface area (Å²) in [5, 5.41) is 10.7. The molecule has 0 spiro atoms. The Bertz CT molecular complexity index is 1310. The Balaban J connectivity index is 1.39. The van der Waals surface area contributed by atoms with Gasteiger partial charge in [-0.1, -0.05) is 34.4 Å². The highest BCUT2D eigenvalue weighted by molar-refractivity contribution is 7.20. The van der Waals surface area contributed by atoms with Crippen molar-refractivity contribution in [3.05, 3.63) is 62.2 Å². The number of halogens is 2. The maximum absolute atomic E-state index is 13.3. The Labute approximate surface area is 198 Å². The van der Waals surface area contributed by atoms with Crippen LogP contribution in [0.25, 0.3) is 10.2 Å². The average molecular weight is 490 g/mol. The molecule has 1 aromatic carbocycles. The average Bonchev–Trinajstić information content (AvgIpc) is 3.47. The summed E-state index contributed by atoms with van der Waals surface area (Å²) < 4.78 is 7.26. The van der Waals surface area contributed by atoms with E-state index in [0.29, 0.717) is 39.7 Å². The minimum absolute atomic E-state index is 0.0302. The van der Waals surface area contributed by atoms with Gasteiger partial charge >= 0.3 is 0 Å². The predicted molar refractivity (Wildman–Crippen MR) is 125 cm³/mol. The molecule has 0 saturated carbocycles. The highest BCUT2D eigenvalue weighted by atomic mass is 35.5. The molecule has 0 aliphatic carbocycles. The molecule has 5 rings (SSSR count). The smallest absolute Gasteiger partial charge is 0.264 e. The van der Waals surface area contributed by atoms with E-state index in [2.05, 4.69) is 15.2 Å². The van der Waals surface area contributed by atoms with Crippen molar-refractivity contribution in [1.82, 2.24) is 24.8 Å². The molecule has 0 bridgehead atoms. The first-order valence-corrected chi connectivity index (χ1v) is 12.0. The molecule has 4 aromatic rings. The molecule has 3 aromatic heterocycles. The number of rotatable bonds is 4. The van der Waals surface area contributed by atoms with E-state index in [9.17, 15) is 4.79 Å². The van der Waals surface area contributed by atoms with Crippen LogP contribution in [0.5, 0.6) is 0 Å². The molecule has 0 N–H and O–H groups in total. The van der Waals surface area contributed by atoms with Crippen LogP contribution in [0.15, 0.2) is 28.8 Å². The van der Waals surface area contributed by atoms with E-state index in [0.717, 1.165) is 40.9 Å². The standard InChI is InChI=1S/C22H21Cl2N5O2S/c1-12-17-9-19(21(30)28-7-3-4-15(10-28)20-25-13(2)27-31-20)32-22(17)29(26-12)11-14-5-6-16(23)8-18(14)24/h5-6,8-9,15H,3-4,7,10-11H2,1-2H3. The number of nitrogens with zero attached hydrogens (tertiary/aromatic N) is 5. The number of thiophene rings is 1. The number of benzene rings is 1. The van der Waals surface area contributed by atoms with E-state index in [4.69, 9.17) is 27.7 Å². The Morgan fingerprint density at radius 2 is 2.12 bits per heavy atom. The lowest BCUT2D eigenvalue weighted by molar-refractivity contribution is 0.0700. The van der Waals surface area contributed by atoms with Crippen LogP contribution in [0.4, 0.5) is 0 Å². The summed E-state index contributed by atoms with van der Waals surface area (Å²) in [6.45, 7) is 5.58. The monoisotopic (exact) mass is 489 g/mol. The molecule has 1 atom stereocenters. The maximum Gasteiger partial charge on any atom is 0.264 e. The van der Waals surface area contributed by atoms with Gasteiger partial charge in [0, 0.05) is 28.5 Å². The lowest BCUT2D eigenvalue weighted by Crippen LogP contribution is -2.38. The van der Waals surface area contributed by atoms with Crippen molar-refractivity contribution in [2.45, 2.75) is 39.2 Å². The van der Waals surface area contributed by atoms with Crippen LogP contribution in [0.1, 0.15) is 51.4 Å². The molecule has 1 saturated heterocycles. The number of hydrogen-bond donors (Lipinski definition) is 0. The number of aromatic nitrogens is 4. The first kappa shape index (κ1) is 21.4. The molecule has 1 unspecified atom stereocenters. The van der Waals surface area contributed by atoms with E-state index >= 15 is 0 Å². The lowest BCUT2D eigenvalue weighted by Gasteiger charge is -2.30. The quantitative estimate of drug-likeness (QED) is 0.379. The zero-order chi connectivity index (χ0) is 22.4. The van der Waals surface area contributed by atoms with E-state index in [1.807, 2.05) is 34.7 Å². The van der Waals surface area contributed by atoms with Gasteiger partial charge in [-0.3, -0.25) is 9.48 Å². The second-order valence-electron chi connectivity index (χ2n) is 8.08. The summed E-state index contributed by atoms with van der Waals surface area (Å²) in [5.41, 5.74) is 1.81. The van der Waals surface area contributed by atoms with Crippen LogP contribution in [-0.4, -0.2) is 43.8 Å². The summed E-state index contributed by atoms with van der Waals surface area (Å²) in [7, 11) is 0. The third-order valence-electron chi connectivity index (χ3n) is 5.75. The largest absolute Gasteiger partial charge is 0.339 e. The van der Waals surface area contributed by atoms with Crippen molar-refractivity contribution in [2.24, 2.45) is 0 Å². The highest BCUT2D eigenvalue weighted by Crippen LogP contribution is 2.33. The van der Waals surface area contributed by atoms with Gasteiger partial charge in [-0.25, -0.2) is 0 Å². The normalized spacial score (nSPS) is 16.8. The number of fused-ring (bicyclic) bond motifs is 1. The summed E-state index contributed by atoms with van der Waals surface area (Å²) in [4.78, 5) is 21.2. The second kappa shape index (κ2) is 8.50. The summed E-state index contributed by atoms with van der Waals surface area (Å²) in [6.07, 6.45) is 1.85. The van der Waals surface area contributed by atoms with Crippen LogP contribution in [0.3, 0.4) is 0 Å². The number of aryl methyl sites for hydroxylation is 2. The van der Waals surface area contributed by atoms with Gasteiger partial charge in [0.1, 0.15) is 4.83 Å². The van der Waals surface area contributed by atoms with E-state index in [-0.39, 0.29) is 11.8 Å². The first-order chi connectivity index (χ1) is 15.4. The molecule has 1 fully saturated rings. The molecule has 1 amide bonds. The number of piperidine rings is 1. The van der Waals surface area contributed by atoms with Crippen molar-refractivity contribution in [1.29, 1.82) is 0 Å². The van der Waals surface area contributed by atoms with Gasteiger partial charge in [-0.2, -0.15) is 10.1 Å². The van der Waals surface area contributed by atoms with Crippen molar-refractivity contribution in [3.8, 4) is 0 Å². The fourth-order valence-electron chi connectivity index (χ4n) is 4.13. The maximum atomic E-state index is 13.3. The van der Waals surface area contributed by atoms with Gasteiger partial charge in [-0.05, 0) is 50.5 Å². The molecule has 7 nitrogen and oxygen atoms in total. The van der Waals surface area contributed by atoms with Crippen molar-refractivity contribution < 1.29 is 9.32 Å². The lowest BCUT2D eigenvalue weighted by atomic mass is 9.98. The summed E-state index contributed by atoms with van der Waals surface area (Å²) >= 11 is 13.8. The topological polar surface area (TPSA) is 77.0 Å². The van der Waals surface area contributed by atoms with Gasteiger partial charge in [0.2, 0.25) is 5.89 Å². The SMILES string of the molecule is Cc1noc(C2CCCN(C(=O)c3cc4c(C)nn(Cc5ccc(Cl)cc5Cl)c4s3)C2)n1. The summed E-state index contributed by atoms with van der Waals surface area (Å²) in [5.74, 6) is 1.34. The fourth-order valence-corrected chi connectivity index (χ4v) is 5.73. The number of amides is 1. The Morgan fingerprint density at radius 1 is 1.28 bits per heavy atom. The van der Waals surface area contributed by atoms with Gasteiger partial charge in [0.15, 0.2) is 5.82 Å². The van der Waals surface area contributed by atoms with Gasteiger partial charge in [0.05, 0.1) is 23.0 Å². The summed E-state index contributed by atoms with van der Waals surface area (Å²) in [6, 6.07) is 7.40. The second-order valence-corrected chi connectivity index (χ2v) is 9.95. The highest BCUT2D eigenvalue weighted by Gasteiger charge is 2.30. The third kappa shape index (κ3) is 4.02. The van der Waals surface area contributed by atoms with Gasteiger partial charge < -0.3 is 9.42 Å². The zero-order valence-corrected chi connectivity index (χ0v) is 20.0. The van der Waals surface area contributed by atoms with Gasteiger partial charge in [0.25, 0.3) is 5.91 Å². The molecular weight excluding hydrogens is 469 g/mol. The predicted octanol–water partition coefficient (Wildman–Crippen LogP) is 5.47. The minimum atomic E-state index is 0.0302. The molecule has 32 heavy (non-hydrogen) atoms. The fraction of sp³-hybridized carbons (Fsp3) is 0.364. The number of carbonyl (C=O) groups excluding carboxylic acids is 1. The molecule has 1 aliphatic rings. The number of hydrogen-bond acceptors (Lipinski definition) is 6. The van der Waals surface area contributed by atoms with Crippen molar-refractivity contribution in [3.63, 3.8) is 0 Å². The van der Waals surface area contributed by atoms with E-state index < -0.39 is 0 Å². The van der Waals surface area contributed by atoms with Crippen LogP contribution >= 0.6 is 34.5 Å².